The van der Waals surface area contributed by atoms with Crippen LogP contribution in [0.2, 0.25) is 0 Å². The maximum absolute atomic E-state index is 11.8. The third-order valence-corrected chi connectivity index (χ3v) is 2.51. The van der Waals surface area contributed by atoms with E-state index in [4.69, 9.17) is 0 Å². The standard InChI is InChI=1S/C13H21N3O2/c1-10(17)14-6-7-15-12(18)11-5-8-16(9-11)13(2,3)4/h5,8-9H,6-7H2,1-4H3,(H,14,17)(H,15,18). The third kappa shape index (κ3) is 4.24. The van der Waals surface area contributed by atoms with Gasteiger partial charge in [0, 0.05) is 37.9 Å². The number of aromatic nitrogens is 1. The molecule has 0 aliphatic carbocycles. The fraction of sp³-hybridized carbons (Fsp3) is 0.538. The van der Waals surface area contributed by atoms with Crippen LogP contribution in [0, 0.1) is 0 Å². The van der Waals surface area contributed by atoms with E-state index in [0.717, 1.165) is 0 Å². The predicted octanol–water partition coefficient (Wildman–Crippen LogP) is 1.11. The van der Waals surface area contributed by atoms with Crippen LogP contribution in [0.25, 0.3) is 0 Å². The first kappa shape index (κ1) is 14.3. The van der Waals surface area contributed by atoms with E-state index < -0.39 is 0 Å². The smallest absolute Gasteiger partial charge is 0.252 e. The first-order valence-electron chi connectivity index (χ1n) is 6.02. The fourth-order valence-electron chi connectivity index (χ4n) is 1.46. The first-order valence-corrected chi connectivity index (χ1v) is 6.02. The number of rotatable bonds is 4. The molecule has 5 nitrogen and oxygen atoms in total. The van der Waals surface area contributed by atoms with Crippen LogP contribution < -0.4 is 10.6 Å². The Morgan fingerprint density at radius 3 is 2.33 bits per heavy atom. The molecule has 0 spiro atoms. The summed E-state index contributed by atoms with van der Waals surface area (Å²) in [6.07, 6.45) is 3.72. The first-order chi connectivity index (χ1) is 8.30. The molecule has 1 aromatic heterocycles. The molecule has 5 heteroatoms. The van der Waals surface area contributed by atoms with Gasteiger partial charge in [-0.1, -0.05) is 0 Å². The van der Waals surface area contributed by atoms with Gasteiger partial charge in [-0.2, -0.15) is 0 Å². The van der Waals surface area contributed by atoms with Crippen LogP contribution in [-0.4, -0.2) is 29.5 Å². The molecule has 0 fully saturated rings. The van der Waals surface area contributed by atoms with Gasteiger partial charge in [0.1, 0.15) is 0 Å². The van der Waals surface area contributed by atoms with Crippen LogP contribution in [0.15, 0.2) is 18.5 Å². The van der Waals surface area contributed by atoms with E-state index in [2.05, 4.69) is 31.4 Å². The Morgan fingerprint density at radius 2 is 1.83 bits per heavy atom. The Morgan fingerprint density at radius 1 is 1.22 bits per heavy atom. The van der Waals surface area contributed by atoms with Gasteiger partial charge in [0.25, 0.3) is 5.91 Å². The summed E-state index contributed by atoms with van der Waals surface area (Å²) in [5, 5.41) is 5.38. The van der Waals surface area contributed by atoms with Crippen molar-refractivity contribution in [2.45, 2.75) is 33.2 Å². The number of nitrogens with zero attached hydrogens (tertiary/aromatic N) is 1. The molecular formula is C13H21N3O2. The van der Waals surface area contributed by atoms with E-state index >= 15 is 0 Å². The van der Waals surface area contributed by atoms with Crippen molar-refractivity contribution in [2.24, 2.45) is 0 Å². The Balaban J connectivity index is 2.47. The van der Waals surface area contributed by atoms with Crippen molar-refractivity contribution in [1.29, 1.82) is 0 Å². The third-order valence-electron chi connectivity index (χ3n) is 2.51. The van der Waals surface area contributed by atoms with Crippen LogP contribution in [0.4, 0.5) is 0 Å². The summed E-state index contributed by atoms with van der Waals surface area (Å²) in [5.41, 5.74) is 0.599. The lowest BCUT2D eigenvalue weighted by atomic mass is 10.1. The Bertz CT molecular complexity index is 430. The second-order valence-corrected chi connectivity index (χ2v) is 5.22. The minimum absolute atomic E-state index is 0.0330. The summed E-state index contributed by atoms with van der Waals surface area (Å²) < 4.78 is 2.00. The lowest BCUT2D eigenvalue weighted by Crippen LogP contribution is -2.33. The summed E-state index contributed by atoms with van der Waals surface area (Å²) in [6.45, 7) is 8.55. The van der Waals surface area contributed by atoms with Crippen molar-refractivity contribution < 1.29 is 9.59 Å². The normalized spacial score (nSPS) is 11.1. The van der Waals surface area contributed by atoms with E-state index in [1.54, 1.807) is 6.07 Å². The zero-order chi connectivity index (χ0) is 13.8. The van der Waals surface area contributed by atoms with Crippen LogP contribution in [-0.2, 0) is 10.3 Å². The van der Waals surface area contributed by atoms with E-state index in [-0.39, 0.29) is 17.4 Å². The quantitative estimate of drug-likeness (QED) is 0.787. The van der Waals surface area contributed by atoms with Crippen LogP contribution in [0.1, 0.15) is 38.1 Å². The molecule has 100 valence electrons. The topological polar surface area (TPSA) is 63.1 Å². The molecule has 0 aliphatic rings. The fourth-order valence-corrected chi connectivity index (χ4v) is 1.46. The molecule has 1 aromatic rings. The summed E-state index contributed by atoms with van der Waals surface area (Å²) in [7, 11) is 0. The van der Waals surface area contributed by atoms with Gasteiger partial charge in [-0.25, -0.2) is 0 Å². The zero-order valence-corrected chi connectivity index (χ0v) is 11.4. The number of carbonyl (C=O) groups is 2. The van der Waals surface area contributed by atoms with Crippen LogP contribution >= 0.6 is 0 Å². The van der Waals surface area contributed by atoms with Crippen molar-refractivity contribution >= 4 is 11.8 Å². The summed E-state index contributed by atoms with van der Waals surface area (Å²) >= 11 is 0. The molecule has 0 saturated carbocycles. The minimum Gasteiger partial charge on any atom is -0.355 e. The number of amides is 2. The van der Waals surface area contributed by atoms with E-state index in [1.807, 2.05) is 17.0 Å². The zero-order valence-electron chi connectivity index (χ0n) is 11.4. The Hall–Kier alpha value is -1.78. The minimum atomic E-state index is -0.122. The van der Waals surface area contributed by atoms with Crippen LogP contribution in [0.5, 0.6) is 0 Å². The van der Waals surface area contributed by atoms with Gasteiger partial charge >= 0.3 is 0 Å². The molecular weight excluding hydrogens is 230 g/mol. The number of carbonyl (C=O) groups excluding carboxylic acids is 2. The van der Waals surface area contributed by atoms with E-state index in [9.17, 15) is 9.59 Å². The average Bonchev–Trinajstić information content (AvgIpc) is 2.72. The number of hydrogen-bond acceptors (Lipinski definition) is 2. The van der Waals surface area contributed by atoms with Gasteiger partial charge in [-0.3, -0.25) is 9.59 Å². The van der Waals surface area contributed by atoms with Crippen molar-refractivity contribution in [3.05, 3.63) is 24.0 Å². The second kappa shape index (κ2) is 5.71. The monoisotopic (exact) mass is 251 g/mol. The van der Waals surface area contributed by atoms with Crippen molar-refractivity contribution in [1.82, 2.24) is 15.2 Å². The van der Waals surface area contributed by atoms with Gasteiger partial charge < -0.3 is 15.2 Å². The van der Waals surface area contributed by atoms with Gasteiger partial charge in [0.05, 0.1) is 5.56 Å². The molecule has 0 saturated heterocycles. The van der Waals surface area contributed by atoms with E-state index in [1.165, 1.54) is 6.92 Å². The molecule has 1 heterocycles. The summed E-state index contributed by atoms with van der Waals surface area (Å²) in [4.78, 5) is 22.4. The maximum Gasteiger partial charge on any atom is 0.252 e. The van der Waals surface area contributed by atoms with Gasteiger partial charge in [0.15, 0.2) is 0 Å². The van der Waals surface area contributed by atoms with Gasteiger partial charge in [0.2, 0.25) is 5.91 Å². The summed E-state index contributed by atoms with van der Waals surface area (Å²) in [5.74, 6) is -0.216. The van der Waals surface area contributed by atoms with Crippen molar-refractivity contribution in [3.63, 3.8) is 0 Å². The van der Waals surface area contributed by atoms with Crippen LogP contribution in [0.3, 0.4) is 0 Å². The lowest BCUT2D eigenvalue weighted by Gasteiger charge is -2.20. The van der Waals surface area contributed by atoms with E-state index in [0.29, 0.717) is 18.7 Å². The Labute approximate surface area is 108 Å². The Kier molecular flexibility index (Phi) is 4.53. The van der Waals surface area contributed by atoms with Gasteiger partial charge in [-0.05, 0) is 26.8 Å². The number of hydrogen-bond donors (Lipinski definition) is 2. The molecule has 0 unspecified atom stereocenters. The largest absolute Gasteiger partial charge is 0.355 e. The summed E-state index contributed by atoms with van der Waals surface area (Å²) in [6, 6.07) is 1.79. The highest BCUT2D eigenvalue weighted by Crippen LogP contribution is 2.15. The van der Waals surface area contributed by atoms with Crippen molar-refractivity contribution in [2.75, 3.05) is 13.1 Å². The maximum atomic E-state index is 11.8. The molecule has 1 rings (SSSR count). The highest BCUT2D eigenvalue weighted by atomic mass is 16.2. The molecule has 0 radical (unpaired) electrons. The highest BCUT2D eigenvalue weighted by molar-refractivity contribution is 5.94. The highest BCUT2D eigenvalue weighted by Gasteiger charge is 2.14. The molecule has 2 N–H and O–H groups in total. The predicted molar refractivity (Wildman–Crippen MR) is 70.4 cm³/mol. The molecule has 0 aromatic carbocycles. The number of nitrogens with one attached hydrogen (secondary N) is 2. The van der Waals surface area contributed by atoms with Gasteiger partial charge in [-0.15, -0.1) is 0 Å². The molecule has 0 aliphatic heterocycles. The second-order valence-electron chi connectivity index (χ2n) is 5.22. The molecule has 0 bridgehead atoms. The molecule has 0 atom stereocenters. The average molecular weight is 251 g/mol. The van der Waals surface area contributed by atoms with Crippen molar-refractivity contribution in [3.8, 4) is 0 Å². The molecule has 18 heavy (non-hydrogen) atoms. The SMILES string of the molecule is CC(=O)NCCNC(=O)c1ccn(C(C)(C)C)c1. The molecule has 2 amide bonds. The lowest BCUT2D eigenvalue weighted by molar-refractivity contribution is -0.118.